The van der Waals surface area contributed by atoms with Crippen molar-refractivity contribution in [3.63, 3.8) is 0 Å². The van der Waals surface area contributed by atoms with Crippen molar-refractivity contribution in [3.8, 4) is 11.3 Å². The minimum Gasteiger partial charge on any atom is -0.336 e. The number of amides is 1. The van der Waals surface area contributed by atoms with Crippen molar-refractivity contribution < 1.29 is 4.79 Å². The van der Waals surface area contributed by atoms with E-state index in [1.54, 1.807) is 6.92 Å². The van der Waals surface area contributed by atoms with Gasteiger partial charge in [0.2, 0.25) is 5.91 Å². The fourth-order valence-electron chi connectivity index (χ4n) is 3.17. The molecular formula is C17H22N4O. The number of nitrogens with zero attached hydrogens (tertiary/aromatic N) is 3. The Morgan fingerprint density at radius 2 is 2.27 bits per heavy atom. The molecule has 22 heavy (non-hydrogen) atoms. The zero-order valence-corrected chi connectivity index (χ0v) is 13.1. The maximum absolute atomic E-state index is 11.9. The van der Waals surface area contributed by atoms with Crippen LogP contribution in [0.5, 0.6) is 0 Å². The molecule has 5 heteroatoms. The maximum Gasteiger partial charge on any atom is 0.224 e. The summed E-state index contributed by atoms with van der Waals surface area (Å²) in [5, 5.41) is 0. The standard InChI is InChI=1S/C17H22N4O/c1-12-3-4-15-9-14(5-6-17(15)21(12)13(2)22)16-10-20(8-7-18)11-19-16/h5-6,9-12H,3-4,7-8,18H2,1-2H3/t12-/m0/s1. The molecule has 1 atom stereocenters. The summed E-state index contributed by atoms with van der Waals surface area (Å²) in [4.78, 5) is 18.2. The number of anilines is 1. The molecule has 0 saturated heterocycles. The van der Waals surface area contributed by atoms with Crippen molar-refractivity contribution in [2.45, 2.75) is 39.3 Å². The molecule has 0 spiro atoms. The first-order valence-electron chi connectivity index (χ1n) is 7.75. The third-order valence-electron chi connectivity index (χ3n) is 4.27. The molecule has 1 aromatic carbocycles. The van der Waals surface area contributed by atoms with Crippen LogP contribution in [0.1, 0.15) is 25.8 Å². The number of fused-ring (bicyclic) bond motifs is 1. The lowest BCUT2D eigenvalue weighted by Gasteiger charge is -2.34. The number of imidazole rings is 1. The molecule has 0 unspecified atom stereocenters. The monoisotopic (exact) mass is 298 g/mol. The molecule has 116 valence electrons. The number of aromatic nitrogens is 2. The number of aryl methyl sites for hydroxylation is 1. The number of carbonyl (C=O) groups excluding carboxylic acids is 1. The largest absolute Gasteiger partial charge is 0.336 e. The Morgan fingerprint density at radius 3 is 3.00 bits per heavy atom. The molecule has 2 aromatic rings. The maximum atomic E-state index is 11.9. The number of benzene rings is 1. The average Bonchev–Trinajstić information content (AvgIpc) is 2.95. The highest BCUT2D eigenvalue weighted by Gasteiger charge is 2.26. The second-order valence-corrected chi connectivity index (χ2v) is 5.91. The summed E-state index contributed by atoms with van der Waals surface area (Å²) in [5.74, 6) is 0.105. The molecule has 1 aliphatic rings. The van der Waals surface area contributed by atoms with Crippen LogP contribution in [0.25, 0.3) is 11.3 Å². The third kappa shape index (κ3) is 2.64. The van der Waals surface area contributed by atoms with Crippen LogP contribution in [-0.4, -0.2) is 28.0 Å². The molecule has 3 rings (SSSR count). The van der Waals surface area contributed by atoms with Gasteiger partial charge in [0.05, 0.1) is 12.0 Å². The first kappa shape index (κ1) is 14.8. The predicted octanol–water partition coefficient (Wildman–Crippen LogP) is 2.20. The molecule has 0 radical (unpaired) electrons. The van der Waals surface area contributed by atoms with E-state index in [2.05, 4.69) is 18.0 Å². The van der Waals surface area contributed by atoms with Gasteiger partial charge in [-0.1, -0.05) is 6.07 Å². The van der Waals surface area contributed by atoms with Crippen LogP contribution in [0.3, 0.4) is 0 Å². The molecule has 1 aliphatic heterocycles. The van der Waals surface area contributed by atoms with Crippen LogP contribution in [-0.2, 0) is 17.8 Å². The Hall–Kier alpha value is -2.14. The summed E-state index contributed by atoms with van der Waals surface area (Å²) in [6.07, 6.45) is 5.82. The van der Waals surface area contributed by atoms with E-state index in [9.17, 15) is 4.79 Å². The summed E-state index contributed by atoms with van der Waals surface area (Å²) >= 11 is 0. The molecule has 0 bridgehead atoms. The Bertz CT molecular complexity index is 692. The molecule has 2 N–H and O–H groups in total. The van der Waals surface area contributed by atoms with E-state index in [0.717, 1.165) is 36.3 Å². The minimum atomic E-state index is 0.105. The zero-order valence-electron chi connectivity index (χ0n) is 13.1. The highest BCUT2D eigenvalue weighted by molar-refractivity contribution is 5.93. The molecule has 0 saturated carbocycles. The zero-order chi connectivity index (χ0) is 15.7. The Morgan fingerprint density at radius 1 is 1.45 bits per heavy atom. The quantitative estimate of drug-likeness (QED) is 0.944. The smallest absolute Gasteiger partial charge is 0.224 e. The van der Waals surface area contributed by atoms with Gasteiger partial charge < -0.3 is 15.2 Å². The van der Waals surface area contributed by atoms with Crippen molar-refractivity contribution in [1.82, 2.24) is 9.55 Å². The van der Waals surface area contributed by atoms with Crippen LogP contribution < -0.4 is 10.6 Å². The minimum absolute atomic E-state index is 0.105. The van der Waals surface area contributed by atoms with E-state index in [1.165, 1.54) is 5.56 Å². The van der Waals surface area contributed by atoms with Crippen molar-refractivity contribution >= 4 is 11.6 Å². The van der Waals surface area contributed by atoms with Crippen LogP contribution in [0, 0.1) is 0 Å². The highest BCUT2D eigenvalue weighted by atomic mass is 16.2. The van der Waals surface area contributed by atoms with Gasteiger partial charge in [-0.15, -0.1) is 0 Å². The molecule has 2 heterocycles. The summed E-state index contributed by atoms with van der Waals surface area (Å²) in [5.41, 5.74) is 9.87. The molecule has 1 amide bonds. The number of hydrogen-bond acceptors (Lipinski definition) is 3. The predicted molar refractivity (Wildman–Crippen MR) is 87.7 cm³/mol. The van der Waals surface area contributed by atoms with E-state index in [-0.39, 0.29) is 11.9 Å². The second-order valence-electron chi connectivity index (χ2n) is 5.91. The first-order valence-corrected chi connectivity index (χ1v) is 7.75. The fraction of sp³-hybridized carbons (Fsp3) is 0.412. The fourth-order valence-corrected chi connectivity index (χ4v) is 3.17. The van der Waals surface area contributed by atoms with E-state index < -0.39 is 0 Å². The van der Waals surface area contributed by atoms with Crippen LogP contribution in [0.15, 0.2) is 30.7 Å². The van der Waals surface area contributed by atoms with Crippen molar-refractivity contribution in [1.29, 1.82) is 0 Å². The van der Waals surface area contributed by atoms with Gasteiger partial charge in [0.15, 0.2) is 0 Å². The average molecular weight is 298 g/mol. The summed E-state index contributed by atoms with van der Waals surface area (Å²) in [7, 11) is 0. The number of rotatable bonds is 3. The molecule has 5 nitrogen and oxygen atoms in total. The number of carbonyl (C=O) groups is 1. The summed E-state index contributed by atoms with van der Waals surface area (Å²) in [6, 6.07) is 6.51. The van der Waals surface area contributed by atoms with Gasteiger partial charge in [-0.05, 0) is 37.5 Å². The molecule has 1 aromatic heterocycles. The van der Waals surface area contributed by atoms with E-state index in [1.807, 2.05) is 34.1 Å². The summed E-state index contributed by atoms with van der Waals surface area (Å²) in [6.45, 7) is 5.11. The Kier molecular flexibility index (Phi) is 3.98. The van der Waals surface area contributed by atoms with Crippen LogP contribution >= 0.6 is 0 Å². The lowest BCUT2D eigenvalue weighted by atomic mass is 9.94. The topological polar surface area (TPSA) is 64.2 Å². The normalized spacial score (nSPS) is 17.4. The first-order chi connectivity index (χ1) is 10.6. The lowest BCUT2D eigenvalue weighted by molar-refractivity contribution is -0.117. The van der Waals surface area contributed by atoms with E-state index in [0.29, 0.717) is 6.54 Å². The van der Waals surface area contributed by atoms with Gasteiger partial charge in [0.1, 0.15) is 0 Å². The van der Waals surface area contributed by atoms with Crippen molar-refractivity contribution in [2.75, 3.05) is 11.4 Å². The van der Waals surface area contributed by atoms with Crippen LogP contribution in [0.4, 0.5) is 5.69 Å². The molecule has 0 fully saturated rings. The highest BCUT2D eigenvalue weighted by Crippen LogP contribution is 2.33. The lowest BCUT2D eigenvalue weighted by Crippen LogP contribution is -2.40. The van der Waals surface area contributed by atoms with Gasteiger partial charge in [-0.3, -0.25) is 4.79 Å². The van der Waals surface area contributed by atoms with Crippen LogP contribution in [0.2, 0.25) is 0 Å². The second kappa shape index (κ2) is 5.93. The van der Waals surface area contributed by atoms with Gasteiger partial charge in [-0.25, -0.2) is 4.98 Å². The van der Waals surface area contributed by atoms with Crippen molar-refractivity contribution in [3.05, 3.63) is 36.3 Å². The summed E-state index contributed by atoms with van der Waals surface area (Å²) < 4.78 is 2.00. The number of nitrogens with two attached hydrogens (primary N) is 1. The number of hydrogen-bond donors (Lipinski definition) is 1. The molecular weight excluding hydrogens is 276 g/mol. The van der Waals surface area contributed by atoms with Gasteiger partial charge in [0.25, 0.3) is 0 Å². The van der Waals surface area contributed by atoms with Gasteiger partial charge >= 0.3 is 0 Å². The van der Waals surface area contributed by atoms with E-state index in [4.69, 9.17) is 5.73 Å². The molecule has 0 aliphatic carbocycles. The van der Waals surface area contributed by atoms with E-state index >= 15 is 0 Å². The Labute approximate surface area is 130 Å². The Balaban J connectivity index is 1.95. The third-order valence-corrected chi connectivity index (χ3v) is 4.27. The SMILES string of the molecule is CC(=O)N1c2ccc(-c3cn(CCN)cn3)cc2CC[C@@H]1C. The van der Waals surface area contributed by atoms with Gasteiger partial charge in [-0.2, -0.15) is 0 Å². The van der Waals surface area contributed by atoms with Crippen molar-refractivity contribution in [2.24, 2.45) is 5.73 Å². The van der Waals surface area contributed by atoms with Gasteiger partial charge in [0, 0.05) is 43.5 Å².